The van der Waals surface area contributed by atoms with Crippen LogP contribution in [0.1, 0.15) is 41.0 Å². The van der Waals surface area contributed by atoms with E-state index in [1.54, 1.807) is 20.8 Å². The van der Waals surface area contributed by atoms with Crippen LogP contribution in [-0.4, -0.2) is 42.0 Å². The molecule has 0 aliphatic heterocycles. The van der Waals surface area contributed by atoms with Gasteiger partial charge in [-0.2, -0.15) is 0 Å². The van der Waals surface area contributed by atoms with Crippen LogP contribution < -0.4 is 5.32 Å². The molecule has 2 atom stereocenters. The first-order valence-corrected chi connectivity index (χ1v) is 6.82. The number of aliphatic hydroxyl groups excluding tert-OH is 1. The summed E-state index contributed by atoms with van der Waals surface area (Å²) in [6.07, 6.45) is -1.32. The molecule has 6 nitrogen and oxygen atoms in total. The zero-order valence-electron chi connectivity index (χ0n) is 13.5. The van der Waals surface area contributed by atoms with E-state index < -0.39 is 29.8 Å². The lowest BCUT2D eigenvalue weighted by atomic mass is 9.99. The van der Waals surface area contributed by atoms with Gasteiger partial charge in [0.15, 0.2) is 0 Å². The highest BCUT2D eigenvalue weighted by Crippen LogP contribution is 2.11. The van der Waals surface area contributed by atoms with Crippen molar-refractivity contribution in [1.82, 2.24) is 5.32 Å². The van der Waals surface area contributed by atoms with Crippen LogP contribution in [0.5, 0.6) is 0 Å². The van der Waals surface area contributed by atoms with Crippen LogP contribution in [-0.2, 0) is 14.3 Å². The van der Waals surface area contributed by atoms with E-state index in [4.69, 9.17) is 4.74 Å². The Bertz CT molecular complexity index is 414. The summed E-state index contributed by atoms with van der Waals surface area (Å²) in [5, 5.41) is 12.6. The minimum atomic E-state index is -1.18. The number of aliphatic hydroxyl groups is 1. The van der Waals surface area contributed by atoms with Gasteiger partial charge in [0.2, 0.25) is 0 Å². The fourth-order valence-electron chi connectivity index (χ4n) is 1.52. The molecule has 0 radical (unpaired) electrons. The molecule has 0 unspecified atom stereocenters. The van der Waals surface area contributed by atoms with E-state index >= 15 is 0 Å². The standard InChI is InChI=1S/C15H25NO5/c1-10(2)9-11(12(17)7-8-13(18)20-6)16-14(19)21-15(3,4)5/h10-12,17H,9H2,1-6H3,(H,16,19)/t11-,12-/m0/s1. The van der Waals surface area contributed by atoms with Crippen LogP contribution in [0.3, 0.4) is 0 Å². The van der Waals surface area contributed by atoms with Crippen molar-refractivity contribution in [3.8, 4) is 11.8 Å². The largest absolute Gasteiger partial charge is 0.459 e. The fraction of sp³-hybridized carbons (Fsp3) is 0.733. The summed E-state index contributed by atoms with van der Waals surface area (Å²) in [7, 11) is 1.20. The van der Waals surface area contributed by atoms with Crippen LogP contribution in [0, 0.1) is 17.8 Å². The average molecular weight is 299 g/mol. The third-order valence-corrected chi connectivity index (χ3v) is 2.32. The number of nitrogens with one attached hydrogen (secondary N) is 1. The minimum Gasteiger partial charge on any atom is -0.459 e. The van der Waals surface area contributed by atoms with E-state index in [9.17, 15) is 14.7 Å². The molecule has 0 rings (SSSR count). The molecule has 0 aromatic heterocycles. The zero-order valence-corrected chi connectivity index (χ0v) is 13.5. The summed E-state index contributed by atoms with van der Waals surface area (Å²) in [5.41, 5.74) is -0.630. The van der Waals surface area contributed by atoms with Crippen LogP contribution in [0.4, 0.5) is 4.79 Å². The number of alkyl carbamates (subject to hydrolysis) is 1. The van der Waals surface area contributed by atoms with E-state index in [1.165, 1.54) is 7.11 Å². The maximum absolute atomic E-state index is 11.8. The molecule has 0 saturated heterocycles. The van der Waals surface area contributed by atoms with Gasteiger partial charge in [0.25, 0.3) is 0 Å². The lowest BCUT2D eigenvalue weighted by Gasteiger charge is -2.25. The second-order valence-electron chi connectivity index (χ2n) is 6.09. The molecule has 0 aliphatic rings. The lowest BCUT2D eigenvalue weighted by molar-refractivity contribution is -0.133. The molecular weight excluding hydrogens is 274 g/mol. The molecule has 0 spiro atoms. The van der Waals surface area contributed by atoms with Crippen molar-refractivity contribution in [1.29, 1.82) is 0 Å². The molecule has 0 saturated carbocycles. The molecule has 1 amide bonds. The highest BCUT2D eigenvalue weighted by atomic mass is 16.6. The van der Waals surface area contributed by atoms with E-state index in [1.807, 2.05) is 13.8 Å². The Morgan fingerprint density at radius 2 is 1.86 bits per heavy atom. The van der Waals surface area contributed by atoms with Gasteiger partial charge in [0.1, 0.15) is 11.7 Å². The van der Waals surface area contributed by atoms with Crippen molar-refractivity contribution in [2.45, 2.75) is 58.8 Å². The number of hydrogen-bond donors (Lipinski definition) is 2. The Kier molecular flexibility index (Phi) is 7.82. The topological polar surface area (TPSA) is 84.9 Å². The highest BCUT2D eigenvalue weighted by Gasteiger charge is 2.24. The van der Waals surface area contributed by atoms with Crippen molar-refractivity contribution >= 4 is 12.1 Å². The predicted molar refractivity (Wildman–Crippen MR) is 78.4 cm³/mol. The van der Waals surface area contributed by atoms with Crippen molar-refractivity contribution < 1.29 is 24.2 Å². The van der Waals surface area contributed by atoms with Crippen LogP contribution in [0.15, 0.2) is 0 Å². The smallest absolute Gasteiger partial charge is 0.407 e. The number of hydrogen-bond acceptors (Lipinski definition) is 5. The average Bonchev–Trinajstić information content (AvgIpc) is 2.31. The lowest BCUT2D eigenvalue weighted by Crippen LogP contribution is -2.45. The quantitative estimate of drug-likeness (QED) is 0.466. The van der Waals surface area contributed by atoms with Gasteiger partial charge in [-0.3, -0.25) is 0 Å². The molecule has 0 aromatic rings. The molecule has 2 N–H and O–H groups in total. The molecule has 0 aromatic carbocycles. The molecular formula is C15H25NO5. The number of ether oxygens (including phenoxy) is 2. The first kappa shape index (κ1) is 19.3. The number of carbonyl (C=O) groups excluding carboxylic acids is 2. The number of amides is 1. The Hall–Kier alpha value is -1.74. The molecule has 0 heterocycles. The van der Waals surface area contributed by atoms with Crippen molar-refractivity contribution in [3.63, 3.8) is 0 Å². The summed E-state index contributed by atoms with van der Waals surface area (Å²) in [6, 6.07) is -0.628. The Morgan fingerprint density at radius 1 is 1.29 bits per heavy atom. The van der Waals surface area contributed by atoms with Gasteiger partial charge < -0.3 is 19.9 Å². The van der Waals surface area contributed by atoms with E-state index in [-0.39, 0.29) is 5.92 Å². The first-order chi connectivity index (χ1) is 9.55. The van der Waals surface area contributed by atoms with E-state index in [0.717, 1.165) is 0 Å². The minimum absolute atomic E-state index is 0.222. The maximum Gasteiger partial charge on any atom is 0.407 e. The van der Waals surface area contributed by atoms with E-state index in [2.05, 4.69) is 21.9 Å². The van der Waals surface area contributed by atoms with Crippen LogP contribution >= 0.6 is 0 Å². The molecule has 6 heteroatoms. The first-order valence-electron chi connectivity index (χ1n) is 6.82. The molecule has 21 heavy (non-hydrogen) atoms. The molecule has 0 fully saturated rings. The number of methoxy groups -OCH3 is 1. The summed E-state index contributed by atoms with van der Waals surface area (Å²) < 4.78 is 9.52. The summed E-state index contributed by atoms with van der Waals surface area (Å²) >= 11 is 0. The van der Waals surface area contributed by atoms with E-state index in [0.29, 0.717) is 6.42 Å². The Balaban J connectivity index is 4.82. The monoisotopic (exact) mass is 299 g/mol. The summed E-state index contributed by atoms with van der Waals surface area (Å²) in [5.74, 6) is 4.00. The third-order valence-electron chi connectivity index (χ3n) is 2.32. The summed E-state index contributed by atoms with van der Waals surface area (Å²) in [4.78, 5) is 22.7. The van der Waals surface area contributed by atoms with Crippen molar-refractivity contribution in [3.05, 3.63) is 0 Å². The van der Waals surface area contributed by atoms with Crippen molar-refractivity contribution in [2.24, 2.45) is 5.92 Å². The number of esters is 1. The normalized spacial score (nSPS) is 13.7. The molecule has 0 bridgehead atoms. The van der Waals surface area contributed by atoms with Gasteiger partial charge in [0, 0.05) is 5.92 Å². The number of carbonyl (C=O) groups is 2. The van der Waals surface area contributed by atoms with Gasteiger partial charge in [-0.1, -0.05) is 19.8 Å². The Morgan fingerprint density at radius 3 is 2.29 bits per heavy atom. The maximum atomic E-state index is 11.8. The van der Waals surface area contributed by atoms with Crippen LogP contribution in [0.2, 0.25) is 0 Å². The predicted octanol–water partition coefficient (Wildman–Crippen LogP) is 1.46. The van der Waals surface area contributed by atoms with Crippen molar-refractivity contribution in [2.75, 3.05) is 7.11 Å². The SMILES string of the molecule is COC(=O)C#C[C@H](O)[C@H](CC(C)C)NC(=O)OC(C)(C)C. The molecule has 0 aliphatic carbocycles. The van der Waals surface area contributed by atoms with Gasteiger partial charge in [-0.15, -0.1) is 0 Å². The second kappa shape index (κ2) is 8.53. The third kappa shape index (κ3) is 9.74. The number of rotatable bonds is 4. The van der Waals surface area contributed by atoms with Gasteiger partial charge in [-0.25, -0.2) is 9.59 Å². The fourth-order valence-corrected chi connectivity index (χ4v) is 1.52. The van der Waals surface area contributed by atoms with Crippen LogP contribution in [0.25, 0.3) is 0 Å². The van der Waals surface area contributed by atoms with Gasteiger partial charge >= 0.3 is 12.1 Å². The van der Waals surface area contributed by atoms with Gasteiger partial charge in [0.05, 0.1) is 13.2 Å². The highest BCUT2D eigenvalue weighted by molar-refractivity contribution is 5.88. The zero-order chi connectivity index (χ0) is 16.6. The molecule has 120 valence electrons. The summed E-state index contributed by atoms with van der Waals surface area (Å²) in [6.45, 7) is 9.14. The second-order valence-corrected chi connectivity index (χ2v) is 6.09. The van der Waals surface area contributed by atoms with Gasteiger partial charge in [-0.05, 0) is 33.1 Å². The Labute approximate surface area is 126 Å².